The van der Waals surface area contributed by atoms with Crippen molar-refractivity contribution in [3.63, 3.8) is 0 Å². The van der Waals surface area contributed by atoms with Crippen LogP contribution in [0.4, 0.5) is 41.9 Å². The number of carbonyl (C=O) groups is 16. The van der Waals surface area contributed by atoms with E-state index < -0.39 is 72.2 Å². The van der Waals surface area contributed by atoms with Crippen molar-refractivity contribution in [1.29, 1.82) is 21.6 Å². The SMILES string of the molecule is CC(=O)O.CC(=O)O.CC(=O)O.CC(=O)O.CCOC(=O)CCNC(=O)N[C@H]1CCN(c2ccc(C(=N)N)cc2)C1=O.CCOC(=O)CCNC(=O)N[C@H]1CCN(c2ccc(C(=N)N)cc2)C1=O.CCOC(=O)CCNC(=O)N[C@H]1CCN(c2ccc(C(=N)N)cc2)C1=O.CCOC(=O)CCNC(=O)N[C@H]1CCN(c2ccc(C(=N)N)cc2)C1=O.O.O. The number of benzene rings is 4. The van der Waals surface area contributed by atoms with Crippen LogP contribution in [0.5, 0.6) is 0 Å². The van der Waals surface area contributed by atoms with Gasteiger partial charge in [0.1, 0.15) is 47.5 Å². The molecule has 4 aromatic rings. The Morgan fingerprint density at radius 1 is 0.328 bits per heavy atom. The van der Waals surface area contributed by atoms with Crippen molar-refractivity contribution in [3.05, 3.63) is 119 Å². The van der Waals surface area contributed by atoms with Gasteiger partial charge in [-0.2, -0.15) is 0 Å². The van der Waals surface area contributed by atoms with Gasteiger partial charge >= 0.3 is 48.0 Å². The first kappa shape index (κ1) is 109. The Bertz CT molecular complexity index is 3640. The van der Waals surface area contributed by atoms with Gasteiger partial charge in [-0.3, -0.25) is 79.2 Å². The number of rotatable bonds is 28. The average Bonchev–Trinajstić information content (AvgIpc) is 1.69. The van der Waals surface area contributed by atoms with E-state index in [1.54, 1.807) is 144 Å². The molecule has 4 aliphatic heterocycles. The predicted molar refractivity (Wildman–Crippen MR) is 444 cm³/mol. The second kappa shape index (κ2) is 59.1. The van der Waals surface area contributed by atoms with Crippen molar-refractivity contribution < 1.29 is 127 Å². The molecule has 0 aliphatic carbocycles. The number of aliphatic carboxylic acids is 4. The minimum absolute atomic E-state index is 0. The molecule has 0 bridgehead atoms. The standard InChI is InChI=1S/4C17H23N5O4.4C2H4O2.2H2O/c4*1-2-26-14(23)7-9-20-17(25)21-13-8-10-22(16(13)24)12-5-3-11(4-6-12)15(18)19;4*1-2(3)4;;/h4*3-6,13H,2,7-10H2,1H3,(H3,18,19)(H2,20,21,25);4*1H3,(H,3,4);2*1H2/t4*13-;;;;;;/m0000....../s1. The molecule has 0 unspecified atom stereocenters. The minimum Gasteiger partial charge on any atom is -0.481 e. The fourth-order valence-corrected chi connectivity index (χ4v) is 10.4. The summed E-state index contributed by atoms with van der Waals surface area (Å²) in [5.74, 6) is -5.85. The Morgan fingerprint density at radius 3 is 0.607 bits per heavy atom. The molecule has 0 saturated carbocycles. The molecule has 4 saturated heterocycles. The van der Waals surface area contributed by atoms with Crippen molar-refractivity contribution in [1.82, 2.24) is 42.5 Å². The number of nitrogen functional groups attached to an aromatic ring is 4. The number of urea groups is 4. The minimum atomic E-state index is -0.833. The van der Waals surface area contributed by atoms with E-state index in [2.05, 4.69) is 42.5 Å². The lowest BCUT2D eigenvalue weighted by Gasteiger charge is -2.17. The summed E-state index contributed by atoms with van der Waals surface area (Å²) in [6.07, 6.45) is 2.25. The lowest BCUT2D eigenvalue weighted by molar-refractivity contribution is -0.143. The number of esters is 4. The van der Waals surface area contributed by atoms with Crippen LogP contribution < -0.4 is 85.1 Å². The van der Waals surface area contributed by atoms with Crippen LogP contribution in [-0.4, -0.2) is 253 Å². The highest BCUT2D eigenvalue weighted by atomic mass is 16.5. The van der Waals surface area contributed by atoms with E-state index in [9.17, 15) is 57.5 Å². The van der Waals surface area contributed by atoms with E-state index >= 15 is 0 Å². The summed E-state index contributed by atoms with van der Waals surface area (Å²) < 4.78 is 19.1. The quantitative estimate of drug-likeness (QED) is 0.0154. The predicted octanol–water partition coefficient (Wildman–Crippen LogP) is 0.0277. The third-order valence-corrected chi connectivity index (χ3v) is 15.7. The maximum atomic E-state index is 12.5. The summed E-state index contributed by atoms with van der Waals surface area (Å²) in [6, 6.07) is 22.7. The number of anilines is 4. The molecule has 4 fully saturated rings. The van der Waals surface area contributed by atoms with Crippen molar-refractivity contribution in [3.8, 4) is 0 Å². The Morgan fingerprint density at radius 2 is 0.475 bits per heavy atom. The van der Waals surface area contributed by atoms with Gasteiger partial charge in [-0.1, -0.05) is 0 Å². The molecular weight excluding hydrogens is 1610 g/mol. The lowest BCUT2D eigenvalue weighted by atomic mass is 10.2. The molecule has 4 atom stereocenters. The first-order valence-corrected chi connectivity index (χ1v) is 37.2. The Labute approximate surface area is 701 Å². The van der Waals surface area contributed by atoms with E-state index in [-0.39, 0.29) is 134 Å². The highest BCUT2D eigenvalue weighted by molar-refractivity contribution is 6.05. The molecule has 0 aromatic heterocycles. The van der Waals surface area contributed by atoms with Gasteiger partial charge in [0.2, 0.25) is 23.6 Å². The second-order valence-corrected chi connectivity index (χ2v) is 25.1. The summed E-state index contributed by atoms with van der Waals surface area (Å²) in [7, 11) is 0. The van der Waals surface area contributed by atoms with Crippen molar-refractivity contribution in [2.45, 2.75) is 131 Å². The van der Waals surface area contributed by atoms with Gasteiger partial charge in [-0.05, 0) is 150 Å². The van der Waals surface area contributed by atoms with E-state index in [4.69, 9.17) is 103 Å². The van der Waals surface area contributed by atoms with Crippen LogP contribution in [0.25, 0.3) is 0 Å². The fraction of sp³-hybridized carbons (Fsp3) is 0.421. The summed E-state index contributed by atoms with van der Waals surface area (Å²) in [5, 5.41) is 79.8. The number of nitrogens with two attached hydrogens (primary N) is 4. The zero-order valence-corrected chi connectivity index (χ0v) is 68.7. The van der Waals surface area contributed by atoms with Gasteiger partial charge in [0.15, 0.2) is 0 Å². The Kier molecular flexibility index (Phi) is 53.0. The Balaban J connectivity index is 0. The normalized spacial score (nSPS) is 14.7. The maximum Gasteiger partial charge on any atom is 0.315 e. The largest absolute Gasteiger partial charge is 0.481 e. The summed E-state index contributed by atoms with van der Waals surface area (Å²) in [5.41, 5.74) is 26.7. The van der Waals surface area contributed by atoms with E-state index in [1.165, 1.54) is 0 Å². The number of hydrogen-bond donors (Lipinski definition) is 20. The first-order chi connectivity index (χ1) is 56.6. The number of hydrogen-bond acceptors (Lipinski definition) is 24. The van der Waals surface area contributed by atoms with Crippen molar-refractivity contribution in [2.24, 2.45) is 22.9 Å². The highest BCUT2D eigenvalue weighted by Gasteiger charge is 2.37. The van der Waals surface area contributed by atoms with E-state index in [1.807, 2.05) is 0 Å². The first-order valence-electron chi connectivity index (χ1n) is 37.2. The molecule has 12 amide bonds. The zero-order chi connectivity index (χ0) is 90.7. The average molecular weight is 1720 g/mol. The lowest BCUT2D eigenvalue weighted by Crippen LogP contribution is -2.46. The Hall–Kier alpha value is -14.6. The molecule has 46 heteroatoms. The molecule has 122 heavy (non-hydrogen) atoms. The van der Waals surface area contributed by atoms with Crippen LogP contribution in [0, 0.1) is 21.6 Å². The van der Waals surface area contributed by atoms with Crippen LogP contribution in [0.1, 0.15) is 129 Å². The van der Waals surface area contributed by atoms with E-state index in [0.717, 1.165) is 27.7 Å². The smallest absolute Gasteiger partial charge is 0.315 e. The van der Waals surface area contributed by atoms with Crippen LogP contribution in [0.3, 0.4) is 0 Å². The van der Waals surface area contributed by atoms with Crippen molar-refractivity contribution in [2.75, 3.05) is 98.4 Å². The topological polar surface area (TPSA) is 763 Å². The number of ether oxygens (including phenoxy) is 4. The highest BCUT2D eigenvalue weighted by Crippen LogP contribution is 2.26. The maximum absolute atomic E-state index is 12.5. The molecule has 46 nitrogen and oxygen atoms in total. The zero-order valence-electron chi connectivity index (χ0n) is 68.7. The molecule has 28 N–H and O–H groups in total. The van der Waals surface area contributed by atoms with Gasteiger partial charge in [-0.25, -0.2) is 19.2 Å². The van der Waals surface area contributed by atoms with Gasteiger partial charge in [0, 0.05) is 125 Å². The fourth-order valence-electron chi connectivity index (χ4n) is 10.4. The van der Waals surface area contributed by atoms with Crippen LogP contribution >= 0.6 is 0 Å². The van der Waals surface area contributed by atoms with Gasteiger partial charge < -0.3 is 135 Å². The molecule has 0 spiro atoms. The number of amidine groups is 4. The molecule has 4 heterocycles. The van der Waals surface area contributed by atoms with Crippen LogP contribution in [0.15, 0.2) is 97.1 Å². The molecule has 8 rings (SSSR count). The number of carboxylic acids is 4. The molecule has 0 radical (unpaired) electrons. The van der Waals surface area contributed by atoms with Gasteiger partial charge in [0.05, 0.1) is 52.1 Å². The van der Waals surface area contributed by atoms with Gasteiger partial charge in [-0.15, -0.1) is 0 Å². The third kappa shape index (κ3) is 44.1. The molecule has 4 aliphatic rings. The number of carbonyl (C=O) groups excluding carboxylic acids is 12. The molecular formula is C76H112N20O26. The third-order valence-electron chi connectivity index (χ3n) is 15.7. The second-order valence-electron chi connectivity index (χ2n) is 25.1. The summed E-state index contributed by atoms with van der Waals surface area (Å²) in [6.45, 7) is 14.8. The number of nitrogens with one attached hydrogen (secondary N) is 12. The van der Waals surface area contributed by atoms with E-state index in [0.29, 0.717) is 123 Å². The van der Waals surface area contributed by atoms with Crippen LogP contribution in [-0.2, 0) is 76.5 Å². The molecule has 672 valence electrons. The van der Waals surface area contributed by atoms with Gasteiger partial charge in [0.25, 0.3) is 23.9 Å². The van der Waals surface area contributed by atoms with Crippen LogP contribution in [0.2, 0.25) is 0 Å². The molecule has 4 aromatic carbocycles. The van der Waals surface area contributed by atoms with Crippen molar-refractivity contribution >= 4 is 142 Å². The monoisotopic (exact) mass is 1720 g/mol. The number of nitrogens with zero attached hydrogens (tertiary/aromatic N) is 4. The summed E-state index contributed by atoms with van der Waals surface area (Å²) >= 11 is 0. The number of carboxylic acid groups (broad SMARTS) is 4. The number of amides is 12. The summed E-state index contributed by atoms with van der Waals surface area (Å²) in [4.78, 5) is 184.